The summed E-state index contributed by atoms with van der Waals surface area (Å²) >= 11 is 5.99. The molecule has 34 heavy (non-hydrogen) atoms. The number of carbonyl (C=O) groups is 2. The Hall–Kier alpha value is -3.45. The van der Waals surface area contributed by atoms with Gasteiger partial charge in [-0.05, 0) is 60.9 Å². The van der Waals surface area contributed by atoms with Crippen LogP contribution >= 0.6 is 11.6 Å². The number of hydrogen-bond donors (Lipinski definition) is 1. The second-order valence-electron chi connectivity index (χ2n) is 8.30. The average molecular weight is 481 g/mol. The van der Waals surface area contributed by atoms with Gasteiger partial charge in [0.1, 0.15) is 11.6 Å². The molecule has 8 heteroatoms. The molecule has 0 bridgehead atoms. The van der Waals surface area contributed by atoms with E-state index in [9.17, 15) is 14.0 Å². The normalized spacial score (nSPS) is 13.6. The molecule has 2 heterocycles. The van der Waals surface area contributed by atoms with E-state index in [4.69, 9.17) is 11.6 Å². The smallest absolute Gasteiger partial charge is 0.256 e. The van der Waals surface area contributed by atoms with Crippen LogP contribution in [0.2, 0.25) is 5.02 Å². The molecule has 1 saturated heterocycles. The van der Waals surface area contributed by atoms with E-state index in [-0.39, 0.29) is 17.4 Å². The summed E-state index contributed by atoms with van der Waals surface area (Å²) in [6.07, 6.45) is 2.25. The van der Waals surface area contributed by atoms with Crippen LogP contribution < -0.4 is 10.2 Å². The number of aromatic nitrogens is 1. The van der Waals surface area contributed by atoms with Gasteiger partial charge in [-0.15, -0.1) is 0 Å². The zero-order chi connectivity index (χ0) is 24.1. The Bertz CT molecular complexity index is 1180. The van der Waals surface area contributed by atoms with Gasteiger partial charge in [0.2, 0.25) is 0 Å². The van der Waals surface area contributed by atoms with Crippen LogP contribution in [0.15, 0.2) is 60.8 Å². The highest BCUT2D eigenvalue weighted by Crippen LogP contribution is 2.18. The standard InChI is InChI=1S/C26H26ClFN4O2/c1-18-5-7-22(23(28)15-18)26(34)32-13-11-31(12-14-32)24-8-6-20(17-30-24)25(33)29-10-9-19-3-2-4-21(27)16-19/h2-8,15-17H,9-14H2,1H3,(H,29,33). The predicted molar refractivity (Wildman–Crippen MR) is 131 cm³/mol. The van der Waals surface area contributed by atoms with E-state index in [0.29, 0.717) is 49.7 Å². The zero-order valence-electron chi connectivity index (χ0n) is 18.9. The van der Waals surface area contributed by atoms with Crippen molar-refractivity contribution in [2.75, 3.05) is 37.6 Å². The number of hydrogen-bond acceptors (Lipinski definition) is 4. The molecular formula is C26H26ClFN4O2. The van der Waals surface area contributed by atoms with Gasteiger partial charge in [-0.3, -0.25) is 9.59 Å². The third-order valence-corrected chi connectivity index (χ3v) is 6.08. The minimum atomic E-state index is -0.490. The van der Waals surface area contributed by atoms with Gasteiger partial charge in [0.15, 0.2) is 0 Å². The lowest BCUT2D eigenvalue weighted by Crippen LogP contribution is -2.49. The molecular weight excluding hydrogens is 455 g/mol. The molecule has 1 N–H and O–H groups in total. The number of piperazine rings is 1. The number of nitrogens with zero attached hydrogens (tertiary/aromatic N) is 3. The molecule has 6 nitrogen and oxygen atoms in total. The molecule has 0 aliphatic carbocycles. The number of pyridine rings is 1. The van der Waals surface area contributed by atoms with Crippen molar-refractivity contribution < 1.29 is 14.0 Å². The van der Waals surface area contributed by atoms with Crippen LogP contribution in [0.1, 0.15) is 31.8 Å². The SMILES string of the molecule is Cc1ccc(C(=O)N2CCN(c3ccc(C(=O)NCCc4cccc(Cl)c4)cn3)CC2)c(F)c1. The first kappa shape index (κ1) is 23.7. The number of carbonyl (C=O) groups excluding carboxylic acids is 2. The monoisotopic (exact) mass is 480 g/mol. The molecule has 1 aliphatic rings. The van der Waals surface area contributed by atoms with Gasteiger partial charge in [0.05, 0.1) is 11.1 Å². The molecule has 0 saturated carbocycles. The molecule has 1 fully saturated rings. The fourth-order valence-corrected chi connectivity index (χ4v) is 4.14. The molecule has 0 radical (unpaired) electrons. The number of aryl methyl sites for hydroxylation is 1. The Balaban J connectivity index is 1.28. The van der Waals surface area contributed by atoms with E-state index in [2.05, 4.69) is 15.2 Å². The first-order chi connectivity index (χ1) is 16.4. The first-order valence-electron chi connectivity index (χ1n) is 11.2. The fourth-order valence-electron chi connectivity index (χ4n) is 3.92. The number of amides is 2. The highest BCUT2D eigenvalue weighted by molar-refractivity contribution is 6.30. The molecule has 1 aliphatic heterocycles. The minimum Gasteiger partial charge on any atom is -0.353 e. The lowest BCUT2D eigenvalue weighted by molar-refractivity contribution is 0.0741. The number of halogens is 2. The van der Waals surface area contributed by atoms with Gasteiger partial charge < -0.3 is 15.1 Å². The number of benzene rings is 2. The third-order valence-electron chi connectivity index (χ3n) is 5.84. The molecule has 3 aromatic rings. The molecule has 1 aromatic heterocycles. The van der Waals surface area contributed by atoms with Crippen molar-refractivity contribution in [1.82, 2.24) is 15.2 Å². The third kappa shape index (κ3) is 5.72. The highest BCUT2D eigenvalue weighted by atomic mass is 35.5. The highest BCUT2D eigenvalue weighted by Gasteiger charge is 2.24. The Morgan fingerprint density at radius 2 is 1.85 bits per heavy atom. The quantitative estimate of drug-likeness (QED) is 0.576. The second kappa shape index (κ2) is 10.7. The van der Waals surface area contributed by atoms with Gasteiger partial charge in [-0.2, -0.15) is 0 Å². The van der Waals surface area contributed by atoms with Crippen molar-refractivity contribution in [1.29, 1.82) is 0 Å². The lowest BCUT2D eigenvalue weighted by atomic mass is 10.1. The van der Waals surface area contributed by atoms with Gasteiger partial charge >= 0.3 is 0 Å². The summed E-state index contributed by atoms with van der Waals surface area (Å²) in [5, 5.41) is 3.57. The second-order valence-corrected chi connectivity index (χ2v) is 8.74. The van der Waals surface area contributed by atoms with Crippen molar-refractivity contribution in [3.05, 3.63) is 93.9 Å². The van der Waals surface area contributed by atoms with Crippen LogP contribution in [0.5, 0.6) is 0 Å². The summed E-state index contributed by atoms with van der Waals surface area (Å²) in [5.41, 5.74) is 2.42. The Morgan fingerprint density at radius 3 is 2.53 bits per heavy atom. The topological polar surface area (TPSA) is 65.5 Å². The van der Waals surface area contributed by atoms with Crippen LogP contribution in [-0.2, 0) is 6.42 Å². The molecule has 176 valence electrons. The van der Waals surface area contributed by atoms with E-state index in [1.165, 1.54) is 6.07 Å². The fraction of sp³-hybridized carbons (Fsp3) is 0.269. The first-order valence-corrected chi connectivity index (χ1v) is 11.6. The van der Waals surface area contributed by atoms with E-state index >= 15 is 0 Å². The number of nitrogens with one attached hydrogen (secondary N) is 1. The number of anilines is 1. The molecule has 2 aromatic carbocycles. The van der Waals surface area contributed by atoms with Crippen molar-refractivity contribution in [3.8, 4) is 0 Å². The van der Waals surface area contributed by atoms with Gasteiger partial charge in [0.25, 0.3) is 11.8 Å². The van der Waals surface area contributed by atoms with E-state index in [1.54, 1.807) is 36.2 Å². The van der Waals surface area contributed by atoms with Crippen LogP contribution in [0.25, 0.3) is 0 Å². The van der Waals surface area contributed by atoms with Gasteiger partial charge in [0, 0.05) is 43.9 Å². The summed E-state index contributed by atoms with van der Waals surface area (Å²) < 4.78 is 14.2. The van der Waals surface area contributed by atoms with Crippen molar-refractivity contribution in [2.24, 2.45) is 0 Å². The van der Waals surface area contributed by atoms with Crippen molar-refractivity contribution in [3.63, 3.8) is 0 Å². The minimum absolute atomic E-state index is 0.0999. The summed E-state index contributed by atoms with van der Waals surface area (Å²) in [4.78, 5) is 33.3. The lowest BCUT2D eigenvalue weighted by Gasteiger charge is -2.35. The Kier molecular flexibility index (Phi) is 7.43. The molecule has 2 amide bonds. The maximum Gasteiger partial charge on any atom is 0.256 e. The molecule has 0 atom stereocenters. The summed E-state index contributed by atoms with van der Waals surface area (Å²) in [7, 11) is 0. The largest absolute Gasteiger partial charge is 0.353 e. The van der Waals surface area contributed by atoms with Crippen LogP contribution in [-0.4, -0.2) is 54.4 Å². The maximum atomic E-state index is 14.2. The van der Waals surface area contributed by atoms with Crippen LogP contribution in [0.3, 0.4) is 0 Å². The van der Waals surface area contributed by atoms with E-state index in [1.807, 2.05) is 30.3 Å². The summed E-state index contributed by atoms with van der Waals surface area (Å²) in [6.45, 7) is 4.39. The maximum absolute atomic E-state index is 14.2. The number of rotatable bonds is 6. The molecule has 0 spiro atoms. The Labute approximate surface area is 203 Å². The van der Waals surface area contributed by atoms with Crippen LogP contribution in [0.4, 0.5) is 10.2 Å². The predicted octanol–water partition coefficient (Wildman–Crippen LogP) is 4.12. The van der Waals surface area contributed by atoms with Crippen molar-refractivity contribution >= 4 is 29.2 Å². The summed E-state index contributed by atoms with van der Waals surface area (Å²) in [5.74, 6) is -0.230. The average Bonchev–Trinajstić information content (AvgIpc) is 2.84. The van der Waals surface area contributed by atoms with Crippen LogP contribution in [0, 0.1) is 12.7 Å². The van der Waals surface area contributed by atoms with Gasteiger partial charge in [-0.1, -0.05) is 29.8 Å². The van der Waals surface area contributed by atoms with E-state index in [0.717, 1.165) is 16.9 Å². The molecule has 4 rings (SSSR count). The van der Waals surface area contributed by atoms with Crippen molar-refractivity contribution in [2.45, 2.75) is 13.3 Å². The van der Waals surface area contributed by atoms with E-state index < -0.39 is 5.82 Å². The summed E-state index contributed by atoms with van der Waals surface area (Å²) in [6, 6.07) is 15.8. The van der Waals surface area contributed by atoms with Gasteiger partial charge in [-0.25, -0.2) is 9.37 Å². The Morgan fingerprint density at radius 1 is 1.06 bits per heavy atom. The zero-order valence-corrected chi connectivity index (χ0v) is 19.7. The molecule has 0 unspecified atom stereocenters.